The van der Waals surface area contributed by atoms with E-state index in [0.29, 0.717) is 18.9 Å². The van der Waals surface area contributed by atoms with Crippen molar-refractivity contribution in [3.05, 3.63) is 88.4 Å². The summed E-state index contributed by atoms with van der Waals surface area (Å²) in [5, 5.41) is 4.24. The number of rotatable bonds is 7. The predicted molar refractivity (Wildman–Crippen MR) is 117 cm³/mol. The van der Waals surface area contributed by atoms with Crippen LogP contribution in [0.25, 0.3) is 11.1 Å². The van der Waals surface area contributed by atoms with Crippen LogP contribution in [0.4, 0.5) is 0 Å². The molecule has 144 valence electrons. The molecule has 0 saturated heterocycles. The van der Waals surface area contributed by atoms with Crippen LogP contribution in [0.2, 0.25) is 5.02 Å². The third-order valence-corrected chi connectivity index (χ3v) is 4.83. The van der Waals surface area contributed by atoms with Gasteiger partial charge < -0.3 is 16.3 Å². The minimum absolute atomic E-state index is 0.455. The van der Waals surface area contributed by atoms with E-state index in [2.05, 4.69) is 42.4 Å². The zero-order valence-electron chi connectivity index (χ0n) is 15.9. The Morgan fingerprint density at radius 3 is 2.50 bits per heavy atom. The number of aryl methyl sites for hydroxylation is 2. The third-order valence-electron chi connectivity index (χ3n) is 4.59. The molecule has 0 aliphatic rings. The topological polar surface area (TPSA) is 73.6 Å². The van der Waals surface area contributed by atoms with Crippen LogP contribution >= 0.6 is 11.6 Å². The van der Waals surface area contributed by atoms with Crippen molar-refractivity contribution >= 4 is 17.4 Å². The molecular weight excluding hydrogens is 370 g/mol. The molecule has 28 heavy (non-hydrogen) atoms. The van der Waals surface area contributed by atoms with E-state index < -0.39 is 0 Å². The van der Waals surface area contributed by atoms with Gasteiger partial charge in [-0.15, -0.1) is 0 Å². The lowest BCUT2D eigenvalue weighted by atomic mass is 9.99. The number of benzene rings is 3. The van der Waals surface area contributed by atoms with E-state index >= 15 is 0 Å². The Morgan fingerprint density at radius 2 is 1.79 bits per heavy atom. The Bertz CT molecular complexity index is 968. The molecule has 3 rings (SSSR count). The van der Waals surface area contributed by atoms with Crippen molar-refractivity contribution in [2.75, 3.05) is 0 Å². The van der Waals surface area contributed by atoms with E-state index in [9.17, 15) is 0 Å². The molecule has 4 nitrogen and oxygen atoms in total. The summed E-state index contributed by atoms with van der Waals surface area (Å²) in [4.78, 5) is 0. The van der Waals surface area contributed by atoms with E-state index in [4.69, 9.17) is 27.9 Å². The van der Waals surface area contributed by atoms with Crippen molar-refractivity contribution < 1.29 is 4.74 Å². The van der Waals surface area contributed by atoms with Crippen molar-refractivity contribution in [3.63, 3.8) is 0 Å². The van der Waals surface area contributed by atoms with Gasteiger partial charge in [0.05, 0.1) is 0 Å². The van der Waals surface area contributed by atoms with Gasteiger partial charge in [0.25, 0.3) is 0 Å². The smallest absolute Gasteiger partial charge is 0.119 e. The average molecular weight is 394 g/mol. The number of hydrazone groups is 1. The SMILES string of the molecule is Cc1cc(Cl)ccc1-c1cccc(COc2ccc(CC/C(N)=N/N)cc2)c1. The number of ether oxygens (including phenoxy) is 1. The molecule has 0 atom stereocenters. The first-order chi connectivity index (χ1) is 13.5. The molecule has 3 aromatic rings. The van der Waals surface area contributed by atoms with Crippen LogP contribution in [0.3, 0.4) is 0 Å². The fraction of sp³-hybridized carbons (Fsp3) is 0.174. The van der Waals surface area contributed by atoms with Crippen molar-refractivity contribution in [2.45, 2.75) is 26.4 Å². The monoisotopic (exact) mass is 393 g/mol. The normalized spacial score (nSPS) is 11.4. The predicted octanol–water partition coefficient (Wildman–Crippen LogP) is 5.06. The van der Waals surface area contributed by atoms with E-state index in [1.54, 1.807) is 0 Å². The molecule has 0 amide bonds. The molecule has 0 aromatic heterocycles. The van der Waals surface area contributed by atoms with Gasteiger partial charge in [-0.05, 0) is 71.5 Å². The minimum Gasteiger partial charge on any atom is -0.489 e. The highest BCUT2D eigenvalue weighted by molar-refractivity contribution is 6.30. The van der Waals surface area contributed by atoms with Crippen molar-refractivity contribution in [2.24, 2.45) is 16.7 Å². The summed E-state index contributed by atoms with van der Waals surface area (Å²) in [7, 11) is 0. The van der Waals surface area contributed by atoms with Gasteiger partial charge in [-0.1, -0.05) is 48.0 Å². The van der Waals surface area contributed by atoms with Gasteiger partial charge in [-0.2, -0.15) is 5.10 Å². The Hall–Kier alpha value is -2.98. The highest BCUT2D eigenvalue weighted by atomic mass is 35.5. The summed E-state index contributed by atoms with van der Waals surface area (Å²) < 4.78 is 5.94. The maximum Gasteiger partial charge on any atom is 0.119 e. The molecule has 0 spiro atoms. The second-order valence-corrected chi connectivity index (χ2v) is 7.15. The lowest BCUT2D eigenvalue weighted by Gasteiger charge is -2.11. The van der Waals surface area contributed by atoms with Gasteiger partial charge in [0.1, 0.15) is 18.2 Å². The molecule has 0 fully saturated rings. The zero-order valence-corrected chi connectivity index (χ0v) is 16.6. The summed E-state index contributed by atoms with van der Waals surface area (Å²) in [6, 6.07) is 22.3. The highest BCUT2D eigenvalue weighted by Gasteiger charge is 2.05. The van der Waals surface area contributed by atoms with Crippen LogP contribution in [0.1, 0.15) is 23.1 Å². The summed E-state index contributed by atoms with van der Waals surface area (Å²) in [5.41, 5.74) is 11.4. The fourth-order valence-corrected chi connectivity index (χ4v) is 3.26. The third kappa shape index (κ3) is 5.27. The van der Waals surface area contributed by atoms with Crippen LogP contribution in [0.15, 0.2) is 71.8 Å². The summed E-state index contributed by atoms with van der Waals surface area (Å²) in [6.07, 6.45) is 1.45. The van der Waals surface area contributed by atoms with Crippen molar-refractivity contribution in [1.29, 1.82) is 0 Å². The minimum atomic E-state index is 0.455. The quantitative estimate of drug-likeness (QED) is 0.255. The second-order valence-electron chi connectivity index (χ2n) is 6.71. The number of amidine groups is 1. The fourth-order valence-electron chi connectivity index (χ4n) is 3.04. The zero-order chi connectivity index (χ0) is 19.9. The number of halogens is 1. The Labute approximate surface area is 170 Å². The molecule has 5 heteroatoms. The lowest BCUT2D eigenvalue weighted by Crippen LogP contribution is -2.14. The van der Waals surface area contributed by atoms with Crippen LogP contribution in [0, 0.1) is 6.92 Å². The first-order valence-corrected chi connectivity index (χ1v) is 9.52. The number of hydrogen-bond donors (Lipinski definition) is 2. The van der Waals surface area contributed by atoms with Crippen LogP contribution in [0.5, 0.6) is 5.75 Å². The second kappa shape index (κ2) is 9.29. The van der Waals surface area contributed by atoms with E-state index in [-0.39, 0.29) is 0 Å². The lowest BCUT2D eigenvalue weighted by molar-refractivity contribution is 0.306. The van der Waals surface area contributed by atoms with Gasteiger partial charge in [-0.3, -0.25) is 0 Å². The largest absolute Gasteiger partial charge is 0.489 e. The molecule has 0 saturated carbocycles. The maximum absolute atomic E-state index is 6.07. The Morgan fingerprint density at radius 1 is 1.00 bits per heavy atom. The van der Waals surface area contributed by atoms with Gasteiger partial charge in [0.2, 0.25) is 0 Å². The summed E-state index contributed by atoms with van der Waals surface area (Å²) in [5.74, 6) is 6.44. The highest BCUT2D eigenvalue weighted by Crippen LogP contribution is 2.27. The molecule has 0 bridgehead atoms. The molecule has 0 radical (unpaired) electrons. The number of nitrogens with zero attached hydrogens (tertiary/aromatic N) is 1. The molecule has 4 N–H and O–H groups in total. The molecular formula is C23H24ClN3O. The maximum atomic E-state index is 6.07. The van der Waals surface area contributed by atoms with E-state index in [1.165, 1.54) is 11.1 Å². The van der Waals surface area contributed by atoms with E-state index in [1.807, 2.05) is 36.4 Å². The summed E-state index contributed by atoms with van der Waals surface area (Å²) in [6.45, 7) is 2.57. The van der Waals surface area contributed by atoms with Crippen LogP contribution < -0.4 is 16.3 Å². The average Bonchev–Trinajstić information content (AvgIpc) is 2.71. The Balaban J connectivity index is 1.63. The number of hydrogen-bond acceptors (Lipinski definition) is 3. The van der Waals surface area contributed by atoms with Crippen LogP contribution in [-0.4, -0.2) is 5.84 Å². The molecule has 0 unspecified atom stereocenters. The van der Waals surface area contributed by atoms with Gasteiger partial charge in [-0.25, -0.2) is 0 Å². The Kier molecular flexibility index (Phi) is 6.56. The first kappa shape index (κ1) is 19.8. The molecule has 0 aliphatic heterocycles. The van der Waals surface area contributed by atoms with Gasteiger partial charge in [0, 0.05) is 11.4 Å². The van der Waals surface area contributed by atoms with Crippen molar-refractivity contribution in [3.8, 4) is 16.9 Å². The van der Waals surface area contributed by atoms with Gasteiger partial charge >= 0.3 is 0 Å². The van der Waals surface area contributed by atoms with E-state index in [0.717, 1.165) is 33.9 Å². The standard InChI is InChI=1S/C23H24ClN3O/c1-16-13-20(24)8-11-22(16)19-4-2-3-18(14-19)15-28-21-9-5-17(6-10-21)7-12-23(25)27-26/h2-6,8-11,13-14H,7,12,15,26H2,1H3,(H2,25,27). The molecule has 0 aliphatic carbocycles. The van der Waals surface area contributed by atoms with Gasteiger partial charge in [0.15, 0.2) is 0 Å². The number of nitrogens with two attached hydrogens (primary N) is 2. The molecule has 0 heterocycles. The molecule has 3 aromatic carbocycles. The van der Waals surface area contributed by atoms with Crippen LogP contribution in [-0.2, 0) is 13.0 Å². The first-order valence-electron chi connectivity index (χ1n) is 9.14. The summed E-state index contributed by atoms with van der Waals surface area (Å²) >= 11 is 6.07. The van der Waals surface area contributed by atoms with Crippen molar-refractivity contribution in [1.82, 2.24) is 0 Å².